The summed E-state index contributed by atoms with van der Waals surface area (Å²) in [5.74, 6) is 0.214. The van der Waals surface area contributed by atoms with Crippen LogP contribution in [0, 0.1) is 12.7 Å². The van der Waals surface area contributed by atoms with Gasteiger partial charge in [-0.3, -0.25) is 0 Å². The van der Waals surface area contributed by atoms with Gasteiger partial charge in [-0.15, -0.1) is 0 Å². The zero-order chi connectivity index (χ0) is 18.9. The van der Waals surface area contributed by atoms with Crippen molar-refractivity contribution in [1.29, 1.82) is 0 Å². The normalized spacial score (nSPS) is 29.3. The molecule has 0 unspecified atom stereocenters. The number of hydrogen-bond donors (Lipinski definition) is 1. The summed E-state index contributed by atoms with van der Waals surface area (Å²) in [6.45, 7) is 5.51. The van der Waals surface area contributed by atoms with Crippen LogP contribution in [-0.2, 0) is 9.47 Å². The van der Waals surface area contributed by atoms with Crippen LogP contribution in [0.2, 0.25) is 0 Å². The predicted molar refractivity (Wildman–Crippen MR) is 100 cm³/mol. The van der Waals surface area contributed by atoms with Crippen molar-refractivity contribution in [3.8, 4) is 0 Å². The quantitative estimate of drug-likeness (QED) is 0.861. The molecule has 0 bridgehead atoms. The molecule has 2 amide bonds. The Labute approximate surface area is 160 Å². The SMILES string of the molecule is Cc1cc(F)ccc1C1CCN(C(=O)N[C@@H]2CCO[C@]3(CCOC3)C2)CC1. The minimum atomic E-state index is -0.191. The van der Waals surface area contributed by atoms with E-state index in [4.69, 9.17) is 9.47 Å². The predicted octanol–water partition coefficient (Wildman–Crippen LogP) is 3.36. The van der Waals surface area contributed by atoms with Gasteiger partial charge in [-0.2, -0.15) is 0 Å². The van der Waals surface area contributed by atoms with Crippen LogP contribution in [0.3, 0.4) is 0 Å². The Bertz CT molecular complexity index is 682. The van der Waals surface area contributed by atoms with E-state index in [9.17, 15) is 9.18 Å². The molecular weight excluding hydrogens is 347 g/mol. The van der Waals surface area contributed by atoms with Gasteiger partial charge in [0.15, 0.2) is 0 Å². The van der Waals surface area contributed by atoms with E-state index in [0.29, 0.717) is 19.1 Å². The smallest absolute Gasteiger partial charge is 0.317 e. The lowest BCUT2D eigenvalue weighted by atomic mass is 9.87. The zero-order valence-electron chi connectivity index (χ0n) is 16.0. The molecule has 6 heteroatoms. The summed E-state index contributed by atoms with van der Waals surface area (Å²) in [5.41, 5.74) is 2.02. The molecular formula is C21H29FN2O3. The van der Waals surface area contributed by atoms with Crippen molar-refractivity contribution in [2.24, 2.45) is 0 Å². The number of rotatable bonds is 2. The molecule has 1 N–H and O–H groups in total. The molecule has 2 atom stereocenters. The third kappa shape index (κ3) is 4.11. The maximum Gasteiger partial charge on any atom is 0.317 e. The van der Waals surface area contributed by atoms with Gasteiger partial charge in [0.25, 0.3) is 0 Å². The molecule has 27 heavy (non-hydrogen) atoms. The van der Waals surface area contributed by atoms with Gasteiger partial charge in [0, 0.05) is 38.8 Å². The summed E-state index contributed by atoms with van der Waals surface area (Å²) in [5, 5.41) is 3.22. The van der Waals surface area contributed by atoms with Crippen molar-refractivity contribution in [1.82, 2.24) is 10.2 Å². The van der Waals surface area contributed by atoms with Crippen LogP contribution in [0.5, 0.6) is 0 Å². The Morgan fingerprint density at radius 1 is 1.26 bits per heavy atom. The summed E-state index contributed by atoms with van der Waals surface area (Å²) in [6.07, 6.45) is 4.46. The third-order valence-electron chi connectivity index (χ3n) is 6.34. The third-order valence-corrected chi connectivity index (χ3v) is 6.34. The summed E-state index contributed by atoms with van der Waals surface area (Å²) in [7, 11) is 0. The molecule has 3 aliphatic rings. The first-order chi connectivity index (χ1) is 13.0. The second-order valence-electron chi connectivity index (χ2n) is 8.24. The van der Waals surface area contributed by atoms with Crippen LogP contribution in [0.25, 0.3) is 0 Å². The highest BCUT2D eigenvalue weighted by molar-refractivity contribution is 5.74. The number of halogens is 1. The fourth-order valence-corrected chi connectivity index (χ4v) is 4.77. The Morgan fingerprint density at radius 2 is 2.07 bits per heavy atom. The van der Waals surface area contributed by atoms with Crippen molar-refractivity contribution in [3.05, 3.63) is 35.1 Å². The maximum atomic E-state index is 13.3. The van der Waals surface area contributed by atoms with Gasteiger partial charge >= 0.3 is 6.03 Å². The zero-order valence-corrected chi connectivity index (χ0v) is 16.0. The molecule has 1 aromatic carbocycles. The average molecular weight is 376 g/mol. The van der Waals surface area contributed by atoms with E-state index < -0.39 is 0 Å². The topological polar surface area (TPSA) is 50.8 Å². The molecule has 148 valence electrons. The first kappa shape index (κ1) is 18.7. The van der Waals surface area contributed by atoms with E-state index in [-0.39, 0.29) is 23.5 Å². The molecule has 5 nitrogen and oxygen atoms in total. The standard InChI is InChI=1S/C21H29FN2O3/c1-15-12-17(22)2-3-19(15)16-4-8-24(9-5-16)20(25)23-18-6-10-27-21(13-18)7-11-26-14-21/h2-3,12,16,18H,4-11,13-14H2,1H3,(H,23,25)/t18-,21-/m1/s1. The lowest BCUT2D eigenvalue weighted by molar-refractivity contribution is -0.0881. The number of nitrogens with one attached hydrogen (secondary N) is 1. The number of nitrogens with zero attached hydrogens (tertiary/aromatic N) is 1. The highest BCUT2D eigenvalue weighted by Crippen LogP contribution is 2.33. The number of hydrogen-bond acceptors (Lipinski definition) is 3. The monoisotopic (exact) mass is 376 g/mol. The fraction of sp³-hybridized carbons (Fsp3) is 0.667. The number of benzene rings is 1. The molecule has 1 aromatic rings. The van der Waals surface area contributed by atoms with Crippen LogP contribution in [0.15, 0.2) is 18.2 Å². The summed E-state index contributed by atoms with van der Waals surface area (Å²) in [4.78, 5) is 14.6. The number of likely N-dealkylation sites (tertiary alicyclic amines) is 1. The number of carbonyl (C=O) groups excluding carboxylic acids is 1. The Kier molecular flexibility index (Phi) is 5.37. The summed E-state index contributed by atoms with van der Waals surface area (Å²) < 4.78 is 24.8. The van der Waals surface area contributed by atoms with Crippen molar-refractivity contribution in [2.75, 3.05) is 32.9 Å². The molecule has 4 rings (SSSR count). The average Bonchev–Trinajstić information content (AvgIpc) is 3.09. The molecule has 3 fully saturated rings. The van der Waals surface area contributed by atoms with Crippen LogP contribution < -0.4 is 5.32 Å². The van der Waals surface area contributed by atoms with Crippen LogP contribution >= 0.6 is 0 Å². The van der Waals surface area contributed by atoms with Crippen molar-refractivity contribution in [3.63, 3.8) is 0 Å². The van der Waals surface area contributed by atoms with Gasteiger partial charge in [0.2, 0.25) is 0 Å². The van der Waals surface area contributed by atoms with Gasteiger partial charge in [0.05, 0.1) is 12.2 Å². The van der Waals surface area contributed by atoms with Crippen molar-refractivity contribution in [2.45, 2.75) is 56.6 Å². The van der Waals surface area contributed by atoms with E-state index in [1.165, 1.54) is 11.6 Å². The highest BCUT2D eigenvalue weighted by Gasteiger charge is 2.41. The number of carbonyl (C=O) groups is 1. The van der Waals surface area contributed by atoms with E-state index >= 15 is 0 Å². The number of aryl methyl sites for hydroxylation is 1. The Hall–Kier alpha value is -1.66. The molecule has 0 aromatic heterocycles. The van der Waals surface area contributed by atoms with Gasteiger partial charge in [0.1, 0.15) is 5.82 Å². The molecule has 3 heterocycles. The van der Waals surface area contributed by atoms with E-state index in [1.54, 1.807) is 6.07 Å². The lowest BCUT2D eigenvalue weighted by Gasteiger charge is -2.39. The van der Waals surface area contributed by atoms with E-state index in [0.717, 1.165) is 57.4 Å². The summed E-state index contributed by atoms with van der Waals surface area (Å²) in [6, 6.07) is 5.23. The molecule has 0 radical (unpaired) electrons. The first-order valence-electron chi connectivity index (χ1n) is 10.1. The largest absolute Gasteiger partial charge is 0.378 e. The molecule has 3 aliphatic heterocycles. The second kappa shape index (κ2) is 7.76. The Morgan fingerprint density at radius 3 is 2.78 bits per heavy atom. The van der Waals surface area contributed by atoms with Gasteiger partial charge in [-0.05, 0) is 61.8 Å². The minimum Gasteiger partial charge on any atom is -0.378 e. The maximum absolute atomic E-state index is 13.3. The number of piperidine rings is 1. The molecule has 1 spiro atoms. The van der Waals surface area contributed by atoms with Crippen LogP contribution in [-0.4, -0.2) is 55.5 Å². The van der Waals surface area contributed by atoms with Crippen LogP contribution in [0.4, 0.5) is 9.18 Å². The molecule has 0 saturated carbocycles. The van der Waals surface area contributed by atoms with Gasteiger partial charge in [-0.1, -0.05) is 6.07 Å². The van der Waals surface area contributed by atoms with Gasteiger partial charge < -0.3 is 19.7 Å². The van der Waals surface area contributed by atoms with E-state index in [2.05, 4.69) is 5.32 Å². The number of urea groups is 1. The van der Waals surface area contributed by atoms with Crippen molar-refractivity contribution >= 4 is 6.03 Å². The number of amides is 2. The minimum absolute atomic E-state index is 0.0326. The summed E-state index contributed by atoms with van der Waals surface area (Å²) >= 11 is 0. The fourth-order valence-electron chi connectivity index (χ4n) is 4.77. The Balaban J connectivity index is 1.29. The van der Waals surface area contributed by atoms with Gasteiger partial charge in [-0.25, -0.2) is 9.18 Å². The number of ether oxygens (including phenoxy) is 2. The molecule has 3 saturated heterocycles. The van der Waals surface area contributed by atoms with Crippen molar-refractivity contribution < 1.29 is 18.7 Å². The van der Waals surface area contributed by atoms with Crippen LogP contribution in [0.1, 0.15) is 49.1 Å². The molecule has 0 aliphatic carbocycles. The van der Waals surface area contributed by atoms with E-state index in [1.807, 2.05) is 17.9 Å². The lowest BCUT2D eigenvalue weighted by Crippen LogP contribution is -2.53. The highest BCUT2D eigenvalue weighted by atomic mass is 19.1. The second-order valence-corrected chi connectivity index (χ2v) is 8.24. The first-order valence-corrected chi connectivity index (χ1v) is 10.1.